The molecule has 0 aliphatic heterocycles. The van der Waals surface area contributed by atoms with Crippen molar-refractivity contribution in [3.8, 4) is 17.0 Å². The van der Waals surface area contributed by atoms with Crippen molar-refractivity contribution in [3.05, 3.63) is 70.4 Å². The largest absolute Gasteiger partial charge is 1.00 e. The number of methoxy groups -OCH3 is 1. The summed E-state index contributed by atoms with van der Waals surface area (Å²) in [4.78, 5) is 23.2. The molecule has 0 bridgehead atoms. The number of imidazole rings is 1. The van der Waals surface area contributed by atoms with Gasteiger partial charge in [0.25, 0.3) is 5.69 Å². The van der Waals surface area contributed by atoms with Gasteiger partial charge in [0.05, 0.1) is 19.1 Å². The van der Waals surface area contributed by atoms with E-state index in [1.165, 1.54) is 12.1 Å². The summed E-state index contributed by atoms with van der Waals surface area (Å²) in [7, 11) is 3.29. The Bertz CT molecular complexity index is 1030. The van der Waals surface area contributed by atoms with E-state index in [-0.39, 0.29) is 35.0 Å². The number of nitrogens with two attached hydrogens (primary N) is 1. The molecule has 0 spiro atoms. The number of halogens is 1. The van der Waals surface area contributed by atoms with E-state index in [1.807, 2.05) is 0 Å². The van der Waals surface area contributed by atoms with E-state index >= 15 is 0 Å². The SMILES string of the molecule is COc1cccc(C(=O)C[n+]2cc(-c3cccc([N+](=O)[O-])c3)n(C)c2N)c1.[Br-]. The van der Waals surface area contributed by atoms with Gasteiger partial charge in [0, 0.05) is 23.3 Å². The van der Waals surface area contributed by atoms with Crippen LogP contribution in [0, 0.1) is 10.1 Å². The Kier molecular flexibility index (Phi) is 6.53. The van der Waals surface area contributed by atoms with E-state index in [9.17, 15) is 14.9 Å². The lowest BCUT2D eigenvalue weighted by atomic mass is 10.1. The number of ketones is 1. The topological polar surface area (TPSA) is 104 Å². The molecular weight excluding hydrogens is 428 g/mol. The molecule has 0 fully saturated rings. The third-order valence-electron chi connectivity index (χ3n) is 4.34. The van der Waals surface area contributed by atoms with Gasteiger partial charge >= 0.3 is 5.95 Å². The van der Waals surface area contributed by atoms with Gasteiger partial charge in [-0.3, -0.25) is 20.6 Å². The number of hydrogen-bond acceptors (Lipinski definition) is 5. The van der Waals surface area contributed by atoms with Crippen molar-refractivity contribution in [1.29, 1.82) is 0 Å². The highest BCUT2D eigenvalue weighted by Gasteiger charge is 2.21. The van der Waals surface area contributed by atoms with Crippen LogP contribution < -0.4 is 32.0 Å². The van der Waals surface area contributed by atoms with Gasteiger partial charge in [-0.25, -0.2) is 9.13 Å². The highest BCUT2D eigenvalue weighted by Crippen LogP contribution is 2.24. The number of rotatable bonds is 6. The van der Waals surface area contributed by atoms with Crippen molar-refractivity contribution >= 4 is 17.4 Å². The molecule has 1 heterocycles. The first kappa shape index (κ1) is 21.1. The first-order valence-electron chi connectivity index (χ1n) is 8.17. The lowest BCUT2D eigenvalue weighted by molar-refractivity contribution is -0.667. The Morgan fingerprint density at radius 2 is 1.96 bits per heavy atom. The first-order chi connectivity index (χ1) is 12.9. The van der Waals surface area contributed by atoms with Crippen molar-refractivity contribution in [2.24, 2.45) is 7.05 Å². The van der Waals surface area contributed by atoms with Gasteiger partial charge in [-0.1, -0.05) is 24.3 Å². The number of hydrogen-bond donors (Lipinski definition) is 1. The van der Waals surface area contributed by atoms with Gasteiger partial charge in [0.2, 0.25) is 0 Å². The molecule has 0 unspecified atom stereocenters. The number of ether oxygens (including phenoxy) is 1. The number of anilines is 1. The van der Waals surface area contributed by atoms with Crippen molar-refractivity contribution in [2.45, 2.75) is 6.54 Å². The van der Waals surface area contributed by atoms with E-state index in [1.54, 1.807) is 65.9 Å². The van der Waals surface area contributed by atoms with Crippen molar-refractivity contribution in [3.63, 3.8) is 0 Å². The molecule has 0 atom stereocenters. The molecule has 146 valence electrons. The summed E-state index contributed by atoms with van der Waals surface area (Å²) < 4.78 is 8.46. The predicted octanol–water partition coefficient (Wildman–Crippen LogP) is -0.634. The van der Waals surface area contributed by atoms with Crippen LogP contribution >= 0.6 is 0 Å². The average molecular weight is 447 g/mol. The minimum absolute atomic E-state index is 0. The number of nitrogen functional groups attached to an aromatic ring is 1. The normalized spacial score (nSPS) is 10.2. The van der Waals surface area contributed by atoms with E-state index in [0.717, 1.165) is 0 Å². The van der Waals surface area contributed by atoms with Crippen LogP contribution in [-0.2, 0) is 13.6 Å². The van der Waals surface area contributed by atoms with Crippen LogP contribution in [0.2, 0.25) is 0 Å². The second-order valence-electron chi connectivity index (χ2n) is 6.02. The Morgan fingerprint density at radius 1 is 1.25 bits per heavy atom. The summed E-state index contributed by atoms with van der Waals surface area (Å²) in [5.74, 6) is 0.846. The molecule has 0 radical (unpaired) electrons. The molecule has 2 N–H and O–H groups in total. The highest BCUT2D eigenvalue weighted by atomic mass is 79.9. The molecule has 0 aliphatic rings. The van der Waals surface area contributed by atoms with E-state index < -0.39 is 4.92 Å². The second-order valence-corrected chi connectivity index (χ2v) is 6.02. The van der Waals surface area contributed by atoms with E-state index in [2.05, 4.69) is 0 Å². The number of benzene rings is 2. The molecule has 28 heavy (non-hydrogen) atoms. The monoisotopic (exact) mass is 446 g/mol. The fourth-order valence-electron chi connectivity index (χ4n) is 2.83. The number of aromatic nitrogens is 2. The van der Waals surface area contributed by atoms with Crippen LogP contribution in [0.15, 0.2) is 54.7 Å². The van der Waals surface area contributed by atoms with Crippen LogP contribution in [0.1, 0.15) is 10.4 Å². The second kappa shape index (κ2) is 8.66. The Labute approximate surface area is 172 Å². The first-order valence-corrected chi connectivity index (χ1v) is 8.17. The molecule has 8 nitrogen and oxygen atoms in total. The smallest absolute Gasteiger partial charge is 0.355 e. The molecule has 0 saturated carbocycles. The number of nitro benzene ring substituents is 1. The number of Topliss-reactive ketones (excluding diaryl/α,β-unsaturated/α-hetero) is 1. The van der Waals surface area contributed by atoms with Gasteiger partial charge in [-0.15, -0.1) is 0 Å². The highest BCUT2D eigenvalue weighted by molar-refractivity contribution is 5.95. The van der Waals surface area contributed by atoms with Crippen LogP contribution in [0.4, 0.5) is 11.6 Å². The maximum absolute atomic E-state index is 12.6. The van der Waals surface area contributed by atoms with Gasteiger partial charge in [-0.2, -0.15) is 0 Å². The molecule has 0 aliphatic carbocycles. The van der Waals surface area contributed by atoms with Gasteiger partial charge in [-0.05, 0) is 12.1 Å². The molecule has 2 aromatic carbocycles. The number of nitrogens with zero attached hydrogens (tertiary/aromatic N) is 3. The summed E-state index contributed by atoms with van der Waals surface area (Å²) in [5.41, 5.74) is 7.96. The summed E-state index contributed by atoms with van der Waals surface area (Å²) in [5, 5.41) is 11.0. The third-order valence-corrected chi connectivity index (χ3v) is 4.34. The minimum atomic E-state index is -0.448. The fraction of sp³-hybridized carbons (Fsp3) is 0.158. The summed E-state index contributed by atoms with van der Waals surface area (Å²) >= 11 is 0. The van der Waals surface area contributed by atoms with E-state index in [0.29, 0.717) is 28.5 Å². The van der Waals surface area contributed by atoms with Gasteiger partial charge < -0.3 is 21.7 Å². The quantitative estimate of drug-likeness (QED) is 0.235. The molecule has 3 rings (SSSR count). The Hall–Kier alpha value is -3.20. The number of nitro groups is 1. The standard InChI is InChI=1S/C19H18N4O4.BrH/c1-21-17(13-5-3-7-15(9-13)23(25)26)11-22(19(21)20)12-18(24)14-6-4-8-16(10-14)27-2;/h3-11,20H,12H2,1-2H3;1H. The van der Waals surface area contributed by atoms with Crippen molar-refractivity contribution in [2.75, 3.05) is 12.8 Å². The maximum Gasteiger partial charge on any atom is 0.355 e. The van der Waals surface area contributed by atoms with Crippen LogP contribution in [0.5, 0.6) is 5.75 Å². The third kappa shape index (κ3) is 4.20. The lowest BCUT2D eigenvalue weighted by Crippen LogP contribution is -3.00. The summed E-state index contributed by atoms with van der Waals surface area (Å²) in [6, 6.07) is 13.2. The van der Waals surface area contributed by atoms with Gasteiger partial charge in [0.15, 0.2) is 5.78 Å². The number of carbonyl (C=O) groups is 1. The average Bonchev–Trinajstić information content (AvgIpc) is 2.96. The zero-order chi connectivity index (χ0) is 19.6. The van der Waals surface area contributed by atoms with Crippen LogP contribution in [0.3, 0.4) is 0 Å². The maximum atomic E-state index is 12.6. The molecular formula is C19H19BrN4O4. The Balaban J connectivity index is 0.00000280. The molecule has 1 aromatic heterocycles. The Morgan fingerprint density at radius 3 is 2.64 bits per heavy atom. The van der Waals surface area contributed by atoms with Crippen LogP contribution in [0.25, 0.3) is 11.3 Å². The predicted molar refractivity (Wildman–Crippen MR) is 99.4 cm³/mol. The number of non-ortho nitro benzene ring substituents is 1. The minimum Gasteiger partial charge on any atom is -1.00 e. The number of carbonyl (C=O) groups excluding carboxylic acids is 1. The molecule has 0 amide bonds. The van der Waals surface area contributed by atoms with Gasteiger partial charge in [0.1, 0.15) is 24.2 Å². The zero-order valence-electron chi connectivity index (χ0n) is 15.3. The fourth-order valence-corrected chi connectivity index (χ4v) is 2.83. The summed E-state index contributed by atoms with van der Waals surface area (Å²) in [6.45, 7) is 0.0434. The zero-order valence-corrected chi connectivity index (χ0v) is 16.9. The van der Waals surface area contributed by atoms with Crippen LogP contribution in [-0.4, -0.2) is 22.4 Å². The van der Waals surface area contributed by atoms with E-state index in [4.69, 9.17) is 10.5 Å². The molecule has 3 aromatic rings. The molecule has 0 saturated heterocycles. The summed E-state index contributed by atoms with van der Waals surface area (Å²) in [6.07, 6.45) is 1.71. The lowest BCUT2D eigenvalue weighted by Gasteiger charge is -2.03. The van der Waals surface area contributed by atoms with Crippen molar-refractivity contribution < 1.29 is 36.0 Å². The molecule has 9 heteroatoms. The van der Waals surface area contributed by atoms with Crippen molar-refractivity contribution in [1.82, 2.24) is 4.57 Å².